The van der Waals surface area contributed by atoms with Crippen LogP contribution in [0.25, 0.3) is 10.9 Å². The van der Waals surface area contributed by atoms with Crippen LogP contribution in [0.4, 0.5) is 11.4 Å². The molecule has 0 fully saturated rings. The van der Waals surface area contributed by atoms with Crippen molar-refractivity contribution in [1.29, 1.82) is 0 Å². The van der Waals surface area contributed by atoms with Crippen molar-refractivity contribution >= 4 is 61.4 Å². The van der Waals surface area contributed by atoms with E-state index in [1.807, 2.05) is 24.3 Å². The summed E-state index contributed by atoms with van der Waals surface area (Å²) < 4.78 is 0.802. The van der Waals surface area contributed by atoms with Crippen LogP contribution in [0.3, 0.4) is 0 Å². The predicted molar refractivity (Wildman–Crippen MR) is 90.9 cm³/mol. The van der Waals surface area contributed by atoms with Gasteiger partial charge in [0.15, 0.2) is 0 Å². The van der Waals surface area contributed by atoms with E-state index < -0.39 is 0 Å². The summed E-state index contributed by atoms with van der Waals surface area (Å²) in [4.78, 5) is 4.13. The van der Waals surface area contributed by atoms with Gasteiger partial charge in [0.1, 0.15) is 0 Å². The molecule has 21 heavy (non-hydrogen) atoms. The van der Waals surface area contributed by atoms with Gasteiger partial charge in [0.2, 0.25) is 5.88 Å². The van der Waals surface area contributed by atoms with E-state index in [1.54, 1.807) is 18.2 Å². The lowest BCUT2D eigenvalue weighted by Gasteiger charge is -2.12. The average molecular weight is 384 g/mol. The van der Waals surface area contributed by atoms with Crippen molar-refractivity contribution in [3.05, 3.63) is 57.0 Å². The lowest BCUT2D eigenvalue weighted by molar-refractivity contribution is 0.456. The Bertz CT molecular complexity index is 839. The number of benzene rings is 2. The van der Waals surface area contributed by atoms with Gasteiger partial charge in [-0.25, -0.2) is 4.98 Å². The summed E-state index contributed by atoms with van der Waals surface area (Å²) in [5.74, 6) is -0.0740. The molecule has 0 bridgehead atoms. The second-order valence-electron chi connectivity index (χ2n) is 4.39. The molecule has 0 radical (unpaired) electrons. The molecule has 3 aromatic rings. The molecule has 3 rings (SSSR count). The van der Waals surface area contributed by atoms with Gasteiger partial charge < -0.3 is 10.4 Å². The van der Waals surface area contributed by atoms with E-state index in [9.17, 15) is 5.11 Å². The summed E-state index contributed by atoms with van der Waals surface area (Å²) in [5, 5.41) is 14.7. The summed E-state index contributed by atoms with van der Waals surface area (Å²) in [6.45, 7) is 0. The van der Waals surface area contributed by atoms with E-state index in [0.29, 0.717) is 26.9 Å². The maximum absolute atomic E-state index is 9.81. The number of hydrogen-bond donors (Lipinski definition) is 2. The highest BCUT2D eigenvalue weighted by molar-refractivity contribution is 9.10. The Labute approximate surface area is 139 Å². The quantitative estimate of drug-likeness (QED) is 0.591. The van der Waals surface area contributed by atoms with E-state index in [2.05, 4.69) is 26.2 Å². The van der Waals surface area contributed by atoms with Gasteiger partial charge in [0, 0.05) is 15.9 Å². The van der Waals surface area contributed by atoms with Gasteiger partial charge in [-0.1, -0.05) is 41.4 Å². The molecule has 1 aromatic heterocycles. The predicted octanol–water partition coefficient (Wildman–Crippen LogP) is 5.75. The molecule has 0 aliphatic rings. The lowest BCUT2D eigenvalue weighted by Crippen LogP contribution is -1.94. The third-order valence-electron chi connectivity index (χ3n) is 3.00. The summed E-state index contributed by atoms with van der Waals surface area (Å²) in [7, 11) is 0. The van der Waals surface area contributed by atoms with E-state index in [4.69, 9.17) is 23.2 Å². The molecule has 0 atom stereocenters. The number of anilines is 2. The molecule has 0 aliphatic heterocycles. The van der Waals surface area contributed by atoms with Gasteiger partial charge in [-0.2, -0.15) is 0 Å². The fraction of sp³-hybridized carbons (Fsp3) is 0. The molecule has 0 saturated heterocycles. The number of aromatic nitrogens is 1. The second kappa shape index (κ2) is 5.72. The van der Waals surface area contributed by atoms with E-state index in [0.717, 1.165) is 9.86 Å². The molecule has 6 heteroatoms. The minimum Gasteiger partial charge on any atom is -0.493 e. The first-order chi connectivity index (χ1) is 10.1. The third-order valence-corrected chi connectivity index (χ3v) is 4.46. The highest BCUT2D eigenvalue weighted by Crippen LogP contribution is 2.36. The SMILES string of the molecule is Oc1cc(Nc2cccc(Cl)c2Cl)c2cccc(Br)c2n1. The number of nitrogens with zero attached hydrogens (tertiary/aromatic N) is 1. The van der Waals surface area contributed by atoms with Crippen molar-refractivity contribution in [3.63, 3.8) is 0 Å². The first-order valence-corrected chi connectivity index (χ1v) is 7.60. The minimum atomic E-state index is -0.0740. The highest BCUT2D eigenvalue weighted by Gasteiger charge is 2.10. The Morgan fingerprint density at radius 1 is 1.05 bits per heavy atom. The first kappa shape index (κ1) is 14.4. The molecular formula is C15H9BrCl2N2O. The molecule has 0 saturated carbocycles. The van der Waals surface area contributed by atoms with Gasteiger partial charge in [-0.05, 0) is 34.1 Å². The third kappa shape index (κ3) is 2.79. The Morgan fingerprint density at radius 2 is 1.81 bits per heavy atom. The van der Waals surface area contributed by atoms with Crippen LogP contribution in [0.5, 0.6) is 5.88 Å². The molecule has 0 aliphatic carbocycles. The summed E-state index contributed by atoms with van der Waals surface area (Å²) >= 11 is 15.6. The average Bonchev–Trinajstić information content (AvgIpc) is 2.45. The van der Waals surface area contributed by atoms with Gasteiger partial charge >= 0.3 is 0 Å². The highest BCUT2D eigenvalue weighted by atomic mass is 79.9. The maximum atomic E-state index is 9.81. The van der Waals surface area contributed by atoms with E-state index >= 15 is 0 Å². The molecule has 0 unspecified atom stereocenters. The molecule has 0 spiro atoms. The number of halogens is 3. The van der Waals surface area contributed by atoms with Gasteiger partial charge in [-0.3, -0.25) is 0 Å². The Balaban J connectivity index is 2.17. The zero-order chi connectivity index (χ0) is 15.0. The maximum Gasteiger partial charge on any atom is 0.213 e. The standard InChI is InChI=1S/C15H9BrCl2N2O/c16-9-4-1-3-8-12(7-13(21)20-15(8)9)19-11-6-2-5-10(17)14(11)18/h1-7H,(H2,19,20,21). The molecule has 2 N–H and O–H groups in total. The van der Waals surface area contributed by atoms with Gasteiger partial charge in [0.05, 0.1) is 26.9 Å². The summed E-state index contributed by atoms with van der Waals surface area (Å²) in [6, 6.07) is 12.6. The summed E-state index contributed by atoms with van der Waals surface area (Å²) in [6.07, 6.45) is 0. The zero-order valence-corrected chi connectivity index (χ0v) is 13.7. The van der Waals surface area contributed by atoms with Crippen LogP contribution < -0.4 is 5.32 Å². The van der Waals surface area contributed by atoms with Crippen LogP contribution in [0.1, 0.15) is 0 Å². The van der Waals surface area contributed by atoms with Crippen molar-refractivity contribution in [3.8, 4) is 5.88 Å². The number of para-hydroxylation sites is 1. The van der Waals surface area contributed by atoms with Crippen molar-refractivity contribution in [1.82, 2.24) is 4.98 Å². The minimum absolute atomic E-state index is 0.0740. The normalized spacial score (nSPS) is 10.8. The van der Waals surface area contributed by atoms with Gasteiger partial charge in [-0.15, -0.1) is 0 Å². The fourth-order valence-electron chi connectivity index (χ4n) is 2.05. The topological polar surface area (TPSA) is 45.1 Å². The van der Waals surface area contributed by atoms with Crippen LogP contribution in [0.15, 0.2) is 46.9 Å². The van der Waals surface area contributed by atoms with Crippen LogP contribution in [-0.2, 0) is 0 Å². The van der Waals surface area contributed by atoms with Crippen molar-refractivity contribution in [2.75, 3.05) is 5.32 Å². The van der Waals surface area contributed by atoms with Crippen LogP contribution in [0, 0.1) is 0 Å². The van der Waals surface area contributed by atoms with Crippen molar-refractivity contribution in [2.24, 2.45) is 0 Å². The number of pyridine rings is 1. The van der Waals surface area contributed by atoms with Crippen LogP contribution in [0.2, 0.25) is 10.0 Å². The van der Waals surface area contributed by atoms with Gasteiger partial charge in [0.25, 0.3) is 0 Å². The molecular weight excluding hydrogens is 375 g/mol. The van der Waals surface area contributed by atoms with Crippen molar-refractivity contribution < 1.29 is 5.11 Å². The molecule has 106 valence electrons. The monoisotopic (exact) mass is 382 g/mol. The van der Waals surface area contributed by atoms with Crippen LogP contribution >= 0.6 is 39.1 Å². The molecule has 1 heterocycles. The fourth-order valence-corrected chi connectivity index (χ4v) is 2.85. The number of fused-ring (bicyclic) bond motifs is 1. The number of rotatable bonds is 2. The Kier molecular flexibility index (Phi) is 3.93. The van der Waals surface area contributed by atoms with E-state index in [1.165, 1.54) is 0 Å². The number of nitrogens with one attached hydrogen (secondary N) is 1. The van der Waals surface area contributed by atoms with E-state index in [-0.39, 0.29) is 5.88 Å². The second-order valence-corrected chi connectivity index (χ2v) is 6.03. The lowest BCUT2D eigenvalue weighted by atomic mass is 10.1. The smallest absolute Gasteiger partial charge is 0.213 e. The molecule has 3 nitrogen and oxygen atoms in total. The largest absolute Gasteiger partial charge is 0.493 e. The molecule has 0 amide bonds. The number of aromatic hydroxyl groups is 1. The zero-order valence-electron chi connectivity index (χ0n) is 10.6. The van der Waals surface area contributed by atoms with Crippen molar-refractivity contribution in [2.45, 2.75) is 0 Å². The Morgan fingerprint density at radius 3 is 2.62 bits per heavy atom. The summed E-state index contributed by atoms with van der Waals surface area (Å²) in [5.41, 5.74) is 2.03. The first-order valence-electron chi connectivity index (χ1n) is 6.05. The molecule has 2 aromatic carbocycles. The Hall–Kier alpha value is -1.49. The number of hydrogen-bond acceptors (Lipinski definition) is 3. The van der Waals surface area contributed by atoms with Crippen LogP contribution in [-0.4, -0.2) is 10.1 Å².